The Morgan fingerprint density at radius 1 is 1.09 bits per heavy atom. The van der Waals surface area contributed by atoms with Crippen LogP contribution >= 0.6 is 0 Å². The summed E-state index contributed by atoms with van der Waals surface area (Å²) in [7, 11) is -2.29. The van der Waals surface area contributed by atoms with Gasteiger partial charge in [0.25, 0.3) is 15.9 Å². The molecule has 174 valence electrons. The number of para-hydroxylation sites is 2. The highest BCUT2D eigenvalue weighted by molar-refractivity contribution is 7.89. The van der Waals surface area contributed by atoms with Gasteiger partial charge < -0.3 is 19.3 Å². The number of hydrogen-bond acceptors (Lipinski definition) is 7. The number of anilines is 1. The van der Waals surface area contributed by atoms with Gasteiger partial charge in [0.15, 0.2) is 0 Å². The Bertz CT molecular complexity index is 1060. The molecule has 10 nitrogen and oxygen atoms in total. The third-order valence-electron chi connectivity index (χ3n) is 5.65. The van der Waals surface area contributed by atoms with Crippen LogP contribution in [0, 0.1) is 0 Å². The molecule has 2 aliphatic rings. The van der Waals surface area contributed by atoms with Gasteiger partial charge in [0.1, 0.15) is 5.75 Å². The van der Waals surface area contributed by atoms with E-state index >= 15 is 0 Å². The fourth-order valence-electron chi connectivity index (χ4n) is 4.03. The van der Waals surface area contributed by atoms with Crippen LogP contribution in [-0.2, 0) is 21.8 Å². The highest BCUT2D eigenvalue weighted by atomic mass is 32.2. The Morgan fingerprint density at radius 2 is 1.78 bits per heavy atom. The Morgan fingerprint density at radius 3 is 2.47 bits per heavy atom. The van der Waals surface area contributed by atoms with Gasteiger partial charge >= 0.3 is 0 Å². The summed E-state index contributed by atoms with van der Waals surface area (Å²) in [6.07, 6.45) is 1.49. The van der Waals surface area contributed by atoms with Crippen molar-refractivity contribution in [3.8, 4) is 5.75 Å². The lowest BCUT2D eigenvalue weighted by Gasteiger charge is -2.35. The predicted octanol–water partition coefficient (Wildman–Crippen LogP) is 0.802. The molecule has 0 aliphatic carbocycles. The van der Waals surface area contributed by atoms with E-state index in [9.17, 15) is 13.2 Å². The van der Waals surface area contributed by atoms with Crippen molar-refractivity contribution >= 4 is 21.6 Å². The predicted molar refractivity (Wildman–Crippen MR) is 119 cm³/mol. The summed E-state index contributed by atoms with van der Waals surface area (Å²) in [6, 6.07) is 7.76. The van der Waals surface area contributed by atoms with Gasteiger partial charge in [0.2, 0.25) is 5.03 Å². The molecule has 0 N–H and O–H groups in total. The quantitative estimate of drug-likeness (QED) is 0.625. The van der Waals surface area contributed by atoms with Crippen molar-refractivity contribution in [3.05, 3.63) is 36.0 Å². The average Bonchev–Trinajstić information content (AvgIpc) is 3.22. The van der Waals surface area contributed by atoms with E-state index in [0.717, 1.165) is 11.4 Å². The first kappa shape index (κ1) is 22.6. The highest BCUT2D eigenvalue weighted by Crippen LogP contribution is 2.30. The second kappa shape index (κ2) is 9.47. The number of sulfonamides is 1. The Kier molecular flexibility index (Phi) is 6.68. The number of aromatic nitrogens is 2. The van der Waals surface area contributed by atoms with Crippen LogP contribution < -0.4 is 9.64 Å². The molecule has 3 heterocycles. The minimum Gasteiger partial charge on any atom is -0.492 e. The van der Waals surface area contributed by atoms with Crippen molar-refractivity contribution < 1.29 is 22.7 Å². The zero-order valence-corrected chi connectivity index (χ0v) is 19.3. The normalized spacial score (nSPS) is 18.1. The minimum atomic E-state index is -3.92. The second-order valence-corrected chi connectivity index (χ2v) is 9.57. The molecule has 0 radical (unpaired) electrons. The molecule has 2 aromatic rings. The van der Waals surface area contributed by atoms with Gasteiger partial charge in [-0.2, -0.15) is 9.40 Å². The van der Waals surface area contributed by atoms with Crippen molar-refractivity contribution in [1.29, 1.82) is 0 Å². The Labute approximate surface area is 188 Å². The van der Waals surface area contributed by atoms with E-state index in [2.05, 4.69) is 10.00 Å². The van der Waals surface area contributed by atoms with Crippen molar-refractivity contribution in [2.24, 2.45) is 7.05 Å². The van der Waals surface area contributed by atoms with Crippen LogP contribution in [0.25, 0.3) is 0 Å². The number of benzene rings is 1. The molecule has 0 spiro atoms. The molecule has 4 rings (SSSR count). The molecule has 0 atom stereocenters. The maximum absolute atomic E-state index is 13.4. The van der Waals surface area contributed by atoms with Gasteiger partial charge in [-0.15, -0.1) is 0 Å². The number of amides is 1. The maximum atomic E-state index is 13.4. The van der Waals surface area contributed by atoms with Gasteiger partial charge in [-0.1, -0.05) is 12.1 Å². The number of hydrogen-bond donors (Lipinski definition) is 0. The summed E-state index contributed by atoms with van der Waals surface area (Å²) in [6.45, 7) is 5.88. The van der Waals surface area contributed by atoms with E-state index in [4.69, 9.17) is 9.47 Å². The van der Waals surface area contributed by atoms with Crippen LogP contribution in [0.1, 0.15) is 17.3 Å². The SMILES string of the molecule is CCOc1ccccc1N1CCN(S(=O)(=O)c2nn(C)cc2C(=O)N2CCOCC2)CC1. The summed E-state index contributed by atoms with van der Waals surface area (Å²) in [4.78, 5) is 16.7. The number of piperazine rings is 1. The monoisotopic (exact) mass is 463 g/mol. The van der Waals surface area contributed by atoms with E-state index < -0.39 is 10.0 Å². The lowest BCUT2D eigenvalue weighted by Crippen LogP contribution is -2.49. The molecule has 2 fully saturated rings. The van der Waals surface area contributed by atoms with Crippen molar-refractivity contribution in [3.63, 3.8) is 0 Å². The van der Waals surface area contributed by atoms with E-state index in [-0.39, 0.29) is 16.5 Å². The zero-order chi connectivity index (χ0) is 22.7. The number of aryl methyl sites for hydroxylation is 1. The molecular weight excluding hydrogens is 434 g/mol. The number of rotatable bonds is 6. The largest absolute Gasteiger partial charge is 0.492 e. The van der Waals surface area contributed by atoms with Gasteiger partial charge in [-0.25, -0.2) is 8.42 Å². The molecule has 1 aromatic carbocycles. The molecular formula is C21H29N5O5S. The number of carbonyl (C=O) groups excluding carboxylic acids is 1. The van der Waals surface area contributed by atoms with Gasteiger partial charge in [-0.05, 0) is 19.1 Å². The van der Waals surface area contributed by atoms with E-state index in [0.29, 0.717) is 59.1 Å². The molecule has 11 heteroatoms. The second-order valence-electron chi connectivity index (χ2n) is 7.72. The van der Waals surface area contributed by atoms with E-state index in [1.165, 1.54) is 15.2 Å². The fraction of sp³-hybridized carbons (Fsp3) is 0.524. The lowest BCUT2D eigenvalue weighted by molar-refractivity contribution is 0.0300. The standard InChI is InChI=1S/C21H29N5O5S/c1-3-31-19-7-5-4-6-18(19)24-8-10-26(11-9-24)32(28,29)20-17(16-23(2)22-20)21(27)25-12-14-30-15-13-25/h4-7,16H,3,8-15H2,1-2H3. The first-order valence-electron chi connectivity index (χ1n) is 10.8. The smallest absolute Gasteiger partial charge is 0.263 e. The summed E-state index contributed by atoms with van der Waals surface area (Å²) in [5.41, 5.74) is 1.06. The van der Waals surface area contributed by atoms with E-state index in [1.807, 2.05) is 31.2 Å². The fourth-order valence-corrected chi connectivity index (χ4v) is 5.57. The molecule has 0 bridgehead atoms. The topological polar surface area (TPSA) is 97.2 Å². The zero-order valence-electron chi connectivity index (χ0n) is 18.4. The van der Waals surface area contributed by atoms with Crippen LogP contribution in [0.5, 0.6) is 5.75 Å². The third-order valence-corrected chi connectivity index (χ3v) is 7.49. The van der Waals surface area contributed by atoms with Gasteiger partial charge in [0.05, 0.1) is 31.1 Å². The molecule has 1 amide bonds. The van der Waals surface area contributed by atoms with E-state index in [1.54, 1.807) is 11.9 Å². The van der Waals surface area contributed by atoms with Crippen LogP contribution in [0.3, 0.4) is 0 Å². The average molecular weight is 464 g/mol. The summed E-state index contributed by atoms with van der Waals surface area (Å²) in [5.74, 6) is 0.457. The first-order valence-corrected chi connectivity index (χ1v) is 12.2. The van der Waals surface area contributed by atoms with Crippen LogP contribution in [0.15, 0.2) is 35.5 Å². The van der Waals surface area contributed by atoms with Crippen LogP contribution in [-0.4, -0.2) is 92.4 Å². The number of morpholine rings is 1. The van der Waals surface area contributed by atoms with Crippen LogP contribution in [0.4, 0.5) is 5.69 Å². The molecule has 32 heavy (non-hydrogen) atoms. The highest BCUT2D eigenvalue weighted by Gasteiger charge is 2.36. The molecule has 0 unspecified atom stereocenters. The number of carbonyl (C=O) groups is 1. The number of nitrogens with zero attached hydrogens (tertiary/aromatic N) is 5. The van der Waals surface area contributed by atoms with Crippen LogP contribution in [0.2, 0.25) is 0 Å². The molecule has 1 aromatic heterocycles. The Balaban J connectivity index is 1.52. The lowest BCUT2D eigenvalue weighted by atomic mass is 10.2. The minimum absolute atomic E-state index is 0.110. The summed E-state index contributed by atoms with van der Waals surface area (Å²) in [5, 5.41) is 3.98. The number of ether oxygens (including phenoxy) is 2. The molecule has 0 saturated carbocycles. The third kappa shape index (κ3) is 4.45. The summed E-state index contributed by atoms with van der Waals surface area (Å²) >= 11 is 0. The molecule has 2 saturated heterocycles. The molecule has 2 aliphatic heterocycles. The Hall–Kier alpha value is -2.63. The van der Waals surface area contributed by atoms with Crippen molar-refractivity contribution in [1.82, 2.24) is 19.0 Å². The first-order chi connectivity index (χ1) is 15.4. The maximum Gasteiger partial charge on any atom is 0.263 e. The van der Waals surface area contributed by atoms with Crippen molar-refractivity contribution in [2.75, 3.05) is 64.0 Å². The van der Waals surface area contributed by atoms with Gasteiger partial charge in [-0.3, -0.25) is 9.48 Å². The van der Waals surface area contributed by atoms with Gasteiger partial charge in [0, 0.05) is 52.5 Å². The van der Waals surface area contributed by atoms with Crippen molar-refractivity contribution in [2.45, 2.75) is 11.9 Å². The summed E-state index contributed by atoms with van der Waals surface area (Å²) < 4.78 is 40.7.